The number of carbonyl (C=O) groups is 1. The molecule has 2 aliphatic rings. The minimum atomic E-state index is -0.00742. The molecule has 142 valence electrons. The van der Waals surface area contributed by atoms with Crippen molar-refractivity contribution in [1.82, 2.24) is 14.9 Å². The number of benzene rings is 1. The maximum Gasteiger partial charge on any atom is 0.199 e. The van der Waals surface area contributed by atoms with E-state index in [1.54, 1.807) is 19.5 Å². The molecule has 0 amide bonds. The Kier molecular flexibility index (Phi) is 4.20. The lowest BCUT2D eigenvalue weighted by atomic mass is 10.0. The molecule has 0 atom stereocenters. The Morgan fingerprint density at radius 3 is 2.82 bits per heavy atom. The van der Waals surface area contributed by atoms with Crippen LogP contribution in [-0.2, 0) is 0 Å². The molecule has 1 aliphatic carbocycles. The van der Waals surface area contributed by atoms with Crippen molar-refractivity contribution in [3.63, 3.8) is 0 Å². The maximum absolute atomic E-state index is 13.1. The van der Waals surface area contributed by atoms with Crippen LogP contribution >= 0.6 is 0 Å². The van der Waals surface area contributed by atoms with Gasteiger partial charge in [-0.3, -0.25) is 9.78 Å². The molecule has 3 aromatic rings. The second-order valence-electron chi connectivity index (χ2n) is 7.32. The van der Waals surface area contributed by atoms with Crippen LogP contribution < -0.4 is 10.1 Å². The van der Waals surface area contributed by atoms with Gasteiger partial charge < -0.3 is 15.0 Å². The first-order valence-corrected chi connectivity index (χ1v) is 9.73. The van der Waals surface area contributed by atoms with Crippen LogP contribution in [0, 0.1) is 0 Å². The third-order valence-corrected chi connectivity index (χ3v) is 5.67. The van der Waals surface area contributed by atoms with E-state index in [0.29, 0.717) is 16.9 Å². The zero-order chi connectivity index (χ0) is 19.1. The predicted molar refractivity (Wildman–Crippen MR) is 109 cm³/mol. The quantitative estimate of drug-likeness (QED) is 0.578. The molecule has 28 heavy (non-hydrogen) atoms. The molecule has 5 rings (SSSR count). The molecule has 1 aliphatic heterocycles. The van der Waals surface area contributed by atoms with Crippen molar-refractivity contribution in [3.8, 4) is 16.9 Å². The van der Waals surface area contributed by atoms with E-state index in [4.69, 9.17) is 9.72 Å². The lowest BCUT2D eigenvalue weighted by Crippen LogP contribution is -2.26. The Balaban J connectivity index is 1.60. The van der Waals surface area contributed by atoms with Crippen molar-refractivity contribution in [2.45, 2.75) is 12.8 Å². The summed E-state index contributed by atoms with van der Waals surface area (Å²) < 4.78 is 5.38. The molecule has 1 N–H and O–H groups in total. The first-order chi connectivity index (χ1) is 13.8. The molecule has 1 aromatic carbocycles. The Morgan fingerprint density at radius 2 is 2.00 bits per heavy atom. The van der Waals surface area contributed by atoms with Gasteiger partial charge in [-0.2, -0.15) is 0 Å². The Hall–Kier alpha value is -2.99. The third kappa shape index (κ3) is 2.72. The van der Waals surface area contributed by atoms with Crippen LogP contribution in [0.4, 0.5) is 5.82 Å². The summed E-state index contributed by atoms with van der Waals surface area (Å²) in [5.41, 5.74) is 3.99. The van der Waals surface area contributed by atoms with Crippen molar-refractivity contribution < 1.29 is 9.53 Å². The monoisotopic (exact) mass is 374 g/mol. The first kappa shape index (κ1) is 17.1. The lowest BCUT2D eigenvalue weighted by Gasteiger charge is -2.17. The topological polar surface area (TPSA) is 67.3 Å². The fourth-order valence-corrected chi connectivity index (χ4v) is 4.27. The van der Waals surface area contributed by atoms with Crippen molar-refractivity contribution >= 4 is 22.5 Å². The number of hydrogen-bond acceptors (Lipinski definition) is 6. The summed E-state index contributed by atoms with van der Waals surface area (Å²) in [5, 5.41) is 4.39. The maximum atomic E-state index is 13.1. The van der Waals surface area contributed by atoms with Crippen molar-refractivity contribution in [2.24, 2.45) is 0 Å². The van der Waals surface area contributed by atoms with Gasteiger partial charge in [-0.15, -0.1) is 0 Å². The minimum absolute atomic E-state index is 0.00742. The highest BCUT2D eigenvalue weighted by Crippen LogP contribution is 2.43. The lowest BCUT2D eigenvalue weighted by molar-refractivity contribution is 0.104. The number of methoxy groups -OCH3 is 1. The highest BCUT2D eigenvalue weighted by atomic mass is 16.5. The Bertz CT molecular complexity index is 1070. The van der Waals surface area contributed by atoms with Gasteiger partial charge in [-0.25, -0.2) is 4.98 Å². The minimum Gasteiger partial charge on any atom is -0.497 e. The van der Waals surface area contributed by atoms with Gasteiger partial charge >= 0.3 is 0 Å². The number of nitrogens with one attached hydrogen (secondary N) is 1. The summed E-state index contributed by atoms with van der Waals surface area (Å²) in [5.74, 6) is 1.39. The smallest absolute Gasteiger partial charge is 0.199 e. The number of hydrogen-bond donors (Lipinski definition) is 1. The molecule has 0 saturated carbocycles. The van der Waals surface area contributed by atoms with Gasteiger partial charge in [-0.05, 0) is 49.7 Å². The van der Waals surface area contributed by atoms with Gasteiger partial charge in [0, 0.05) is 48.1 Å². The normalized spacial score (nSPS) is 15.7. The van der Waals surface area contributed by atoms with Gasteiger partial charge in [0.2, 0.25) is 0 Å². The van der Waals surface area contributed by atoms with Gasteiger partial charge in [0.25, 0.3) is 0 Å². The molecule has 0 bridgehead atoms. The van der Waals surface area contributed by atoms with Crippen LogP contribution in [0.25, 0.3) is 22.0 Å². The number of fused-ring (bicyclic) bond motifs is 5. The number of rotatable bonds is 5. The van der Waals surface area contributed by atoms with Crippen LogP contribution in [-0.4, -0.2) is 53.9 Å². The number of nitrogens with zero attached hydrogens (tertiary/aromatic N) is 3. The molecular weight excluding hydrogens is 352 g/mol. The summed E-state index contributed by atoms with van der Waals surface area (Å²) in [6, 6.07) is 7.73. The summed E-state index contributed by atoms with van der Waals surface area (Å²) in [6.07, 6.45) is 5.92. The summed E-state index contributed by atoms with van der Waals surface area (Å²) in [4.78, 5) is 24.5. The molecule has 0 unspecified atom stereocenters. The van der Waals surface area contributed by atoms with Crippen LogP contribution in [0.5, 0.6) is 5.75 Å². The van der Waals surface area contributed by atoms with Crippen molar-refractivity contribution in [2.75, 3.05) is 38.6 Å². The number of aromatic nitrogens is 2. The molecule has 2 aromatic heterocycles. The Labute approximate surface area is 163 Å². The molecule has 1 saturated heterocycles. The molecule has 0 radical (unpaired) electrons. The van der Waals surface area contributed by atoms with E-state index in [0.717, 1.165) is 54.0 Å². The highest BCUT2D eigenvalue weighted by Gasteiger charge is 2.32. The molecular formula is C22H22N4O2. The fourth-order valence-electron chi connectivity index (χ4n) is 4.27. The van der Waals surface area contributed by atoms with Crippen LogP contribution in [0.2, 0.25) is 0 Å². The van der Waals surface area contributed by atoms with E-state index in [-0.39, 0.29) is 5.78 Å². The van der Waals surface area contributed by atoms with E-state index in [1.807, 2.05) is 24.3 Å². The largest absolute Gasteiger partial charge is 0.497 e. The Morgan fingerprint density at radius 1 is 1.14 bits per heavy atom. The second kappa shape index (κ2) is 6.87. The number of pyridine rings is 2. The van der Waals surface area contributed by atoms with Crippen LogP contribution in [0.3, 0.4) is 0 Å². The second-order valence-corrected chi connectivity index (χ2v) is 7.32. The molecule has 6 nitrogen and oxygen atoms in total. The van der Waals surface area contributed by atoms with Crippen molar-refractivity contribution in [3.05, 3.63) is 47.8 Å². The number of likely N-dealkylation sites (tertiary alicyclic amines) is 1. The number of ether oxygens (including phenoxy) is 1. The van der Waals surface area contributed by atoms with Crippen LogP contribution in [0.1, 0.15) is 28.8 Å². The van der Waals surface area contributed by atoms with Gasteiger partial charge in [-0.1, -0.05) is 0 Å². The standard InChI is InChI=1S/C22H22N4O2/c1-28-14-4-5-16-18(12-14)25-22(24-8-11-26-9-2-3-10-26)20-19(16)15-6-7-23-13-17(15)21(20)27/h4-7,12-13H,2-3,8-11H2,1H3,(H,24,25). The highest BCUT2D eigenvalue weighted by molar-refractivity contribution is 6.27. The average Bonchev–Trinajstić information content (AvgIpc) is 3.35. The SMILES string of the molecule is COc1ccc2c3c(c(NCCN4CCCC4)nc2c1)C(=O)c1cnccc1-3. The number of ketones is 1. The van der Waals surface area contributed by atoms with E-state index in [1.165, 1.54) is 12.8 Å². The summed E-state index contributed by atoms with van der Waals surface area (Å²) >= 11 is 0. The number of anilines is 1. The molecule has 1 fully saturated rings. The third-order valence-electron chi connectivity index (χ3n) is 5.67. The van der Waals surface area contributed by atoms with Gasteiger partial charge in [0.05, 0.1) is 18.2 Å². The molecule has 6 heteroatoms. The average molecular weight is 374 g/mol. The summed E-state index contributed by atoms with van der Waals surface area (Å²) in [7, 11) is 1.65. The van der Waals surface area contributed by atoms with Crippen LogP contribution in [0.15, 0.2) is 36.7 Å². The predicted octanol–water partition coefficient (Wildman–Crippen LogP) is 3.36. The molecule has 3 heterocycles. The number of carbonyl (C=O) groups excluding carboxylic acids is 1. The van der Waals surface area contributed by atoms with Crippen molar-refractivity contribution in [1.29, 1.82) is 0 Å². The van der Waals surface area contributed by atoms with E-state index < -0.39 is 0 Å². The summed E-state index contributed by atoms with van der Waals surface area (Å²) in [6.45, 7) is 4.02. The zero-order valence-electron chi connectivity index (χ0n) is 15.9. The van der Waals surface area contributed by atoms with E-state index in [2.05, 4.69) is 15.2 Å². The van der Waals surface area contributed by atoms with E-state index in [9.17, 15) is 4.79 Å². The van der Waals surface area contributed by atoms with Gasteiger partial charge in [0.1, 0.15) is 11.6 Å². The fraction of sp³-hybridized carbons (Fsp3) is 0.318. The molecule has 0 spiro atoms. The van der Waals surface area contributed by atoms with E-state index >= 15 is 0 Å². The zero-order valence-corrected chi connectivity index (χ0v) is 15.9. The first-order valence-electron chi connectivity index (χ1n) is 9.73. The van der Waals surface area contributed by atoms with Gasteiger partial charge in [0.15, 0.2) is 5.78 Å².